The molecule has 0 spiro atoms. The summed E-state index contributed by atoms with van der Waals surface area (Å²) in [4.78, 5) is 28.4. The summed E-state index contributed by atoms with van der Waals surface area (Å²) in [6.45, 7) is 0.782. The third kappa shape index (κ3) is 2.63. The Morgan fingerprint density at radius 3 is 2.88 bits per heavy atom. The minimum absolute atomic E-state index is 0.142. The summed E-state index contributed by atoms with van der Waals surface area (Å²) >= 11 is 3.20. The zero-order chi connectivity index (χ0) is 12.4. The van der Waals surface area contributed by atoms with Crippen molar-refractivity contribution in [2.24, 2.45) is 5.92 Å². The highest BCUT2D eigenvalue weighted by Gasteiger charge is 2.31. The molecule has 1 saturated heterocycles. The van der Waals surface area contributed by atoms with E-state index in [2.05, 4.69) is 20.9 Å². The van der Waals surface area contributed by atoms with Gasteiger partial charge in [0.2, 0.25) is 0 Å². The van der Waals surface area contributed by atoms with Gasteiger partial charge in [-0.1, -0.05) is 0 Å². The quantitative estimate of drug-likeness (QED) is 0.838. The highest BCUT2D eigenvalue weighted by molar-refractivity contribution is 9.10. The number of halogens is 1. The first-order chi connectivity index (χ1) is 8.08. The van der Waals surface area contributed by atoms with Crippen LogP contribution < -0.4 is 0 Å². The van der Waals surface area contributed by atoms with Gasteiger partial charge in [-0.2, -0.15) is 0 Å². The summed E-state index contributed by atoms with van der Waals surface area (Å²) in [6.07, 6.45) is 2.06. The molecule has 1 fully saturated rings. The summed E-state index contributed by atoms with van der Waals surface area (Å²) in [7, 11) is 0. The number of likely N-dealkylation sites (tertiary alicyclic amines) is 1. The molecule has 1 atom stereocenters. The summed E-state index contributed by atoms with van der Waals surface area (Å²) in [5.74, 6) is -1.42. The van der Waals surface area contributed by atoms with Crippen molar-refractivity contribution in [2.45, 2.75) is 6.42 Å². The summed E-state index contributed by atoms with van der Waals surface area (Å²) in [6, 6.07) is 3.26. The monoisotopic (exact) mass is 298 g/mol. The molecule has 1 unspecified atom stereocenters. The molecule has 0 aliphatic carbocycles. The van der Waals surface area contributed by atoms with E-state index < -0.39 is 11.9 Å². The van der Waals surface area contributed by atoms with Crippen LogP contribution in [0.2, 0.25) is 0 Å². The van der Waals surface area contributed by atoms with Gasteiger partial charge in [0, 0.05) is 24.8 Å². The standard InChI is InChI=1S/C11H11BrN2O3/c12-9-5-7(1-3-13-9)10(15)14-4-2-8(6-14)11(16)17/h1,3,5,8H,2,4,6H2,(H,16,17). The lowest BCUT2D eigenvalue weighted by molar-refractivity contribution is -0.141. The second-order valence-electron chi connectivity index (χ2n) is 3.94. The van der Waals surface area contributed by atoms with E-state index in [4.69, 9.17) is 5.11 Å². The van der Waals surface area contributed by atoms with E-state index in [0.29, 0.717) is 23.1 Å². The number of hydrogen-bond acceptors (Lipinski definition) is 3. The van der Waals surface area contributed by atoms with Crippen molar-refractivity contribution in [1.82, 2.24) is 9.88 Å². The highest BCUT2D eigenvalue weighted by Crippen LogP contribution is 2.19. The number of rotatable bonds is 2. The normalized spacial score (nSPS) is 19.4. The fraction of sp³-hybridized carbons (Fsp3) is 0.364. The maximum absolute atomic E-state index is 12.1. The Morgan fingerprint density at radius 1 is 1.53 bits per heavy atom. The number of nitrogens with zero attached hydrogens (tertiary/aromatic N) is 2. The smallest absolute Gasteiger partial charge is 0.308 e. The van der Waals surface area contributed by atoms with Crippen LogP contribution in [0.25, 0.3) is 0 Å². The van der Waals surface area contributed by atoms with Crippen LogP contribution in [0, 0.1) is 5.92 Å². The minimum Gasteiger partial charge on any atom is -0.481 e. The molecule has 1 aliphatic rings. The molecule has 1 aromatic rings. The van der Waals surface area contributed by atoms with E-state index in [9.17, 15) is 9.59 Å². The molecule has 0 radical (unpaired) electrons. The van der Waals surface area contributed by atoms with Gasteiger partial charge in [-0.25, -0.2) is 4.98 Å². The maximum atomic E-state index is 12.1. The van der Waals surface area contributed by atoms with E-state index >= 15 is 0 Å². The average molecular weight is 299 g/mol. The second kappa shape index (κ2) is 4.83. The maximum Gasteiger partial charge on any atom is 0.308 e. The van der Waals surface area contributed by atoms with E-state index in [1.807, 2.05) is 0 Å². The number of aliphatic carboxylic acids is 1. The number of hydrogen-bond donors (Lipinski definition) is 1. The van der Waals surface area contributed by atoms with Crippen LogP contribution in [-0.4, -0.2) is 40.0 Å². The van der Waals surface area contributed by atoms with Crippen LogP contribution in [0.5, 0.6) is 0 Å². The van der Waals surface area contributed by atoms with E-state index in [-0.39, 0.29) is 12.5 Å². The number of carbonyl (C=O) groups excluding carboxylic acids is 1. The van der Waals surface area contributed by atoms with Crippen molar-refractivity contribution in [3.8, 4) is 0 Å². The van der Waals surface area contributed by atoms with Crippen molar-refractivity contribution in [3.63, 3.8) is 0 Å². The largest absolute Gasteiger partial charge is 0.481 e. The average Bonchev–Trinajstić information content (AvgIpc) is 2.77. The Bertz CT molecular complexity index is 464. The molecule has 0 aromatic carbocycles. The molecular weight excluding hydrogens is 288 g/mol. The molecule has 6 heteroatoms. The summed E-state index contributed by atoms with van der Waals surface area (Å²) in [5, 5.41) is 8.87. The molecule has 1 aliphatic heterocycles. The van der Waals surface area contributed by atoms with Gasteiger partial charge in [0.25, 0.3) is 5.91 Å². The van der Waals surface area contributed by atoms with Crippen molar-refractivity contribution in [1.29, 1.82) is 0 Å². The van der Waals surface area contributed by atoms with Gasteiger partial charge in [-0.15, -0.1) is 0 Å². The fourth-order valence-electron chi connectivity index (χ4n) is 1.86. The zero-order valence-electron chi connectivity index (χ0n) is 8.97. The second-order valence-corrected chi connectivity index (χ2v) is 4.75. The van der Waals surface area contributed by atoms with Crippen LogP contribution >= 0.6 is 15.9 Å². The van der Waals surface area contributed by atoms with Gasteiger partial charge in [0.15, 0.2) is 0 Å². The zero-order valence-corrected chi connectivity index (χ0v) is 10.6. The minimum atomic E-state index is -0.837. The number of carbonyl (C=O) groups is 2. The third-order valence-corrected chi connectivity index (χ3v) is 3.23. The molecule has 1 aromatic heterocycles. The predicted octanol–water partition coefficient (Wildman–Crippen LogP) is 1.39. The number of pyridine rings is 1. The lowest BCUT2D eigenvalue weighted by Gasteiger charge is -2.15. The molecular formula is C11H11BrN2O3. The molecule has 1 amide bonds. The lowest BCUT2D eigenvalue weighted by Crippen LogP contribution is -2.29. The lowest BCUT2D eigenvalue weighted by atomic mass is 10.1. The topological polar surface area (TPSA) is 70.5 Å². The van der Waals surface area contributed by atoms with Crippen LogP contribution in [-0.2, 0) is 4.79 Å². The molecule has 17 heavy (non-hydrogen) atoms. The number of amides is 1. The first kappa shape index (κ1) is 12.0. The Morgan fingerprint density at radius 2 is 2.29 bits per heavy atom. The Kier molecular flexibility index (Phi) is 3.42. The predicted molar refractivity (Wildman–Crippen MR) is 63.6 cm³/mol. The van der Waals surface area contributed by atoms with Gasteiger partial charge in [0.1, 0.15) is 4.60 Å². The van der Waals surface area contributed by atoms with Crippen molar-refractivity contribution in [3.05, 3.63) is 28.5 Å². The van der Waals surface area contributed by atoms with Crippen LogP contribution in [0.4, 0.5) is 0 Å². The molecule has 2 heterocycles. The number of carboxylic acids is 1. The molecule has 90 valence electrons. The van der Waals surface area contributed by atoms with Crippen molar-refractivity contribution in [2.75, 3.05) is 13.1 Å². The van der Waals surface area contributed by atoms with Gasteiger partial charge < -0.3 is 10.0 Å². The van der Waals surface area contributed by atoms with Crippen molar-refractivity contribution >= 4 is 27.8 Å². The number of carboxylic acid groups (broad SMARTS) is 1. The molecule has 5 nitrogen and oxygen atoms in total. The van der Waals surface area contributed by atoms with Gasteiger partial charge in [0.05, 0.1) is 5.92 Å². The first-order valence-electron chi connectivity index (χ1n) is 5.21. The molecule has 0 bridgehead atoms. The Hall–Kier alpha value is -1.43. The molecule has 1 N–H and O–H groups in total. The van der Waals surface area contributed by atoms with Gasteiger partial charge in [-0.05, 0) is 34.5 Å². The summed E-state index contributed by atoms with van der Waals surface area (Å²) < 4.78 is 0.595. The highest BCUT2D eigenvalue weighted by atomic mass is 79.9. The van der Waals surface area contributed by atoms with E-state index in [1.54, 1.807) is 23.2 Å². The third-order valence-electron chi connectivity index (χ3n) is 2.80. The molecule has 2 rings (SSSR count). The Labute approximate surface area is 107 Å². The van der Waals surface area contributed by atoms with Crippen molar-refractivity contribution < 1.29 is 14.7 Å². The summed E-state index contributed by atoms with van der Waals surface area (Å²) in [5.41, 5.74) is 0.526. The first-order valence-corrected chi connectivity index (χ1v) is 6.01. The van der Waals surface area contributed by atoms with Crippen LogP contribution in [0.1, 0.15) is 16.8 Å². The SMILES string of the molecule is O=C(O)C1CCN(C(=O)c2ccnc(Br)c2)C1. The Balaban J connectivity index is 2.09. The fourth-order valence-corrected chi connectivity index (χ4v) is 2.23. The van der Waals surface area contributed by atoms with E-state index in [0.717, 1.165) is 0 Å². The molecule has 0 saturated carbocycles. The van der Waals surface area contributed by atoms with Gasteiger partial charge >= 0.3 is 5.97 Å². The van der Waals surface area contributed by atoms with Gasteiger partial charge in [-0.3, -0.25) is 9.59 Å². The number of aromatic nitrogens is 1. The van der Waals surface area contributed by atoms with Crippen LogP contribution in [0.15, 0.2) is 22.9 Å². The van der Waals surface area contributed by atoms with E-state index in [1.165, 1.54) is 0 Å². The van der Waals surface area contributed by atoms with Crippen LogP contribution in [0.3, 0.4) is 0 Å².